The van der Waals surface area contributed by atoms with Crippen molar-refractivity contribution in [3.8, 4) is 0 Å². The standard InChI is InChI=1S/C8H14O3/c1-8(7(9)10-2)5-3-4-6-11-8/h3-6H2,1-2H3. The highest BCUT2D eigenvalue weighted by Crippen LogP contribution is 2.25. The number of hydrogen-bond donors (Lipinski definition) is 0. The van der Waals surface area contributed by atoms with Crippen LogP contribution in [0.25, 0.3) is 0 Å². The van der Waals surface area contributed by atoms with E-state index < -0.39 is 5.60 Å². The molecule has 0 N–H and O–H groups in total. The molecular formula is C8H14O3. The SMILES string of the molecule is COC(=O)C1(C)CCCCO1. The molecule has 0 aromatic carbocycles. The summed E-state index contributed by atoms with van der Waals surface area (Å²) in [6.07, 6.45) is 2.87. The van der Waals surface area contributed by atoms with Crippen LogP contribution in [-0.2, 0) is 14.3 Å². The average Bonchev–Trinajstić information content (AvgIpc) is 2.04. The van der Waals surface area contributed by atoms with E-state index in [0.717, 1.165) is 19.3 Å². The zero-order valence-electron chi connectivity index (χ0n) is 7.05. The lowest BCUT2D eigenvalue weighted by molar-refractivity contribution is -0.172. The second kappa shape index (κ2) is 3.22. The lowest BCUT2D eigenvalue weighted by Gasteiger charge is -2.30. The minimum atomic E-state index is -0.674. The van der Waals surface area contributed by atoms with Gasteiger partial charge in [0.25, 0.3) is 0 Å². The number of hydrogen-bond acceptors (Lipinski definition) is 3. The molecule has 0 aromatic heterocycles. The molecule has 11 heavy (non-hydrogen) atoms. The van der Waals surface area contributed by atoms with Gasteiger partial charge in [-0.15, -0.1) is 0 Å². The van der Waals surface area contributed by atoms with Crippen molar-refractivity contribution < 1.29 is 14.3 Å². The van der Waals surface area contributed by atoms with E-state index in [1.54, 1.807) is 6.92 Å². The van der Waals surface area contributed by atoms with Gasteiger partial charge in [0.2, 0.25) is 0 Å². The third kappa shape index (κ3) is 1.71. The fourth-order valence-electron chi connectivity index (χ4n) is 1.31. The smallest absolute Gasteiger partial charge is 0.337 e. The number of rotatable bonds is 1. The van der Waals surface area contributed by atoms with Gasteiger partial charge >= 0.3 is 5.97 Å². The van der Waals surface area contributed by atoms with Crippen molar-refractivity contribution in [1.29, 1.82) is 0 Å². The van der Waals surface area contributed by atoms with Crippen molar-refractivity contribution in [2.24, 2.45) is 0 Å². The molecule has 0 spiro atoms. The molecular weight excluding hydrogens is 144 g/mol. The van der Waals surface area contributed by atoms with Crippen molar-refractivity contribution >= 4 is 5.97 Å². The Morgan fingerprint density at radius 1 is 1.55 bits per heavy atom. The number of ether oxygens (including phenoxy) is 2. The molecule has 1 atom stereocenters. The van der Waals surface area contributed by atoms with Gasteiger partial charge in [-0.25, -0.2) is 4.79 Å². The molecule has 1 aliphatic rings. The summed E-state index contributed by atoms with van der Waals surface area (Å²) < 4.78 is 9.97. The Morgan fingerprint density at radius 3 is 2.73 bits per heavy atom. The van der Waals surface area contributed by atoms with E-state index in [2.05, 4.69) is 4.74 Å². The predicted octanol–water partition coefficient (Wildman–Crippen LogP) is 1.12. The van der Waals surface area contributed by atoms with Crippen LogP contribution in [0.2, 0.25) is 0 Å². The van der Waals surface area contributed by atoms with Crippen LogP contribution in [0.1, 0.15) is 26.2 Å². The van der Waals surface area contributed by atoms with E-state index in [0.29, 0.717) is 6.61 Å². The van der Waals surface area contributed by atoms with Gasteiger partial charge in [0.15, 0.2) is 5.60 Å². The number of carbonyl (C=O) groups excluding carboxylic acids is 1. The monoisotopic (exact) mass is 158 g/mol. The molecule has 0 saturated carbocycles. The Hall–Kier alpha value is -0.570. The highest BCUT2D eigenvalue weighted by atomic mass is 16.6. The molecule has 1 aliphatic heterocycles. The van der Waals surface area contributed by atoms with Gasteiger partial charge in [-0.1, -0.05) is 0 Å². The summed E-state index contributed by atoms with van der Waals surface area (Å²) in [5.74, 6) is -0.253. The topological polar surface area (TPSA) is 35.5 Å². The first-order valence-corrected chi connectivity index (χ1v) is 3.91. The zero-order chi connectivity index (χ0) is 8.32. The molecule has 1 fully saturated rings. The third-order valence-electron chi connectivity index (χ3n) is 2.09. The summed E-state index contributed by atoms with van der Waals surface area (Å²) in [5, 5.41) is 0. The Morgan fingerprint density at radius 2 is 2.27 bits per heavy atom. The maximum absolute atomic E-state index is 11.1. The Labute approximate surface area is 66.7 Å². The largest absolute Gasteiger partial charge is 0.467 e. The van der Waals surface area contributed by atoms with Gasteiger partial charge in [-0.3, -0.25) is 0 Å². The van der Waals surface area contributed by atoms with Gasteiger partial charge < -0.3 is 9.47 Å². The van der Waals surface area contributed by atoms with E-state index in [1.807, 2.05) is 0 Å². The van der Waals surface area contributed by atoms with Crippen molar-refractivity contribution in [3.05, 3.63) is 0 Å². The van der Waals surface area contributed by atoms with Crippen molar-refractivity contribution in [2.45, 2.75) is 31.8 Å². The van der Waals surface area contributed by atoms with Gasteiger partial charge in [0, 0.05) is 6.61 Å². The van der Waals surface area contributed by atoms with Crippen LogP contribution in [0.4, 0.5) is 0 Å². The molecule has 0 amide bonds. The lowest BCUT2D eigenvalue weighted by Crippen LogP contribution is -2.42. The normalized spacial score (nSPS) is 31.5. The molecule has 1 heterocycles. The van der Waals surface area contributed by atoms with Crippen molar-refractivity contribution in [2.75, 3.05) is 13.7 Å². The van der Waals surface area contributed by atoms with Crippen molar-refractivity contribution in [1.82, 2.24) is 0 Å². The maximum atomic E-state index is 11.1. The first kappa shape index (κ1) is 8.53. The summed E-state index contributed by atoms with van der Waals surface area (Å²) >= 11 is 0. The number of methoxy groups -OCH3 is 1. The fourth-order valence-corrected chi connectivity index (χ4v) is 1.31. The zero-order valence-corrected chi connectivity index (χ0v) is 7.05. The maximum Gasteiger partial charge on any atom is 0.337 e. The Bertz CT molecular complexity index is 147. The third-order valence-corrected chi connectivity index (χ3v) is 2.09. The Balaban J connectivity index is 2.56. The lowest BCUT2D eigenvalue weighted by atomic mass is 9.96. The first-order valence-electron chi connectivity index (χ1n) is 3.91. The second-order valence-corrected chi connectivity index (χ2v) is 3.03. The highest BCUT2D eigenvalue weighted by Gasteiger charge is 2.36. The number of esters is 1. The molecule has 0 bridgehead atoms. The van der Waals surface area contributed by atoms with E-state index in [-0.39, 0.29) is 5.97 Å². The summed E-state index contributed by atoms with van der Waals surface area (Å²) in [5.41, 5.74) is -0.674. The first-order chi connectivity index (χ1) is 5.19. The fraction of sp³-hybridized carbons (Fsp3) is 0.875. The summed E-state index contributed by atoms with van der Waals surface area (Å²) in [6, 6.07) is 0. The molecule has 0 radical (unpaired) electrons. The second-order valence-electron chi connectivity index (χ2n) is 3.03. The van der Waals surface area contributed by atoms with Crippen LogP contribution in [0.15, 0.2) is 0 Å². The van der Waals surface area contributed by atoms with Gasteiger partial charge in [-0.2, -0.15) is 0 Å². The van der Waals surface area contributed by atoms with Crippen LogP contribution in [0.3, 0.4) is 0 Å². The molecule has 0 aliphatic carbocycles. The van der Waals surface area contributed by atoms with Crippen LogP contribution >= 0.6 is 0 Å². The molecule has 64 valence electrons. The highest BCUT2D eigenvalue weighted by molar-refractivity contribution is 5.79. The summed E-state index contributed by atoms with van der Waals surface area (Å²) in [7, 11) is 1.39. The van der Waals surface area contributed by atoms with Crippen LogP contribution in [0.5, 0.6) is 0 Å². The average molecular weight is 158 g/mol. The number of carbonyl (C=O) groups is 1. The molecule has 1 saturated heterocycles. The molecule has 3 heteroatoms. The van der Waals surface area contributed by atoms with E-state index >= 15 is 0 Å². The summed E-state index contributed by atoms with van der Waals surface area (Å²) in [6.45, 7) is 2.46. The molecule has 0 aromatic rings. The Kier molecular flexibility index (Phi) is 2.49. The van der Waals surface area contributed by atoms with Gasteiger partial charge in [0.1, 0.15) is 0 Å². The predicted molar refractivity (Wildman–Crippen MR) is 40.2 cm³/mol. The van der Waals surface area contributed by atoms with E-state index in [9.17, 15) is 4.79 Å². The van der Waals surface area contributed by atoms with Gasteiger partial charge in [-0.05, 0) is 26.2 Å². The van der Waals surface area contributed by atoms with E-state index in [1.165, 1.54) is 7.11 Å². The van der Waals surface area contributed by atoms with Crippen molar-refractivity contribution in [3.63, 3.8) is 0 Å². The van der Waals surface area contributed by atoms with Gasteiger partial charge in [0.05, 0.1) is 7.11 Å². The van der Waals surface area contributed by atoms with E-state index in [4.69, 9.17) is 4.74 Å². The van der Waals surface area contributed by atoms with Crippen LogP contribution < -0.4 is 0 Å². The quantitative estimate of drug-likeness (QED) is 0.536. The molecule has 1 unspecified atom stereocenters. The molecule has 3 nitrogen and oxygen atoms in total. The minimum Gasteiger partial charge on any atom is -0.467 e. The van der Waals surface area contributed by atoms with Crippen LogP contribution in [0, 0.1) is 0 Å². The minimum absolute atomic E-state index is 0.253. The molecule has 1 rings (SSSR count). The summed E-state index contributed by atoms with van der Waals surface area (Å²) in [4.78, 5) is 11.1. The van der Waals surface area contributed by atoms with Crippen LogP contribution in [-0.4, -0.2) is 25.3 Å².